The predicted molar refractivity (Wildman–Crippen MR) is 150 cm³/mol. The molecule has 0 atom stereocenters. The van der Waals surface area contributed by atoms with Crippen molar-refractivity contribution in [2.45, 2.75) is 58.9 Å². The number of anilines is 3. The first-order chi connectivity index (χ1) is 17.7. The molecule has 3 rings (SSSR count). The lowest BCUT2D eigenvalue weighted by Gasteiger charge is -2.38. The van der Waals surface area contributed by atoms with Crippen LogP contribution >= 0.6 is 11.6 Å². The number of carbonyl (C=O) groups is 2. The number of nitrogens with zero attached hydrogens (tertiary/aromatic N) is 1. The number of nitrogens with one attached hydrogen (secondary N) is 2. The Morgan fingerprint density at radius 2 is 1.81 bits per heavy atom. The third-order valence-corrected chi connectivity index (χ3v) is 6.59. The van der Waals surface area contributed by atoms with E-state index >= 15 is 0 Å². The van der Waals surface area contributed by atoms with Gasteiger partial charge in [0.25, 0.3) is 0 Å². The second-order valence-corrected chi connectivity index (χ2v) is 10.4. The molecule has 0 saturated heterocycles. The third kappa shape index (κ3) is 8.30. The molecule has 0 heterocycles. The summed E-state index contributed by atoms with van der Waals surface area (Å²) in [5, 5.41) is 5.77. The van der Waals surface area contributed by atoms with Crippen LogP contribution in [0.4, 0.5) is 26.2 Å². The Balaban J connectivity index is 2.02. The van der Waals surface area contributed by atoms with Gasteiger partial charge in [-0.15, -0.1) is 0 Å². The highest BCUT2D eigenvalue weighted by atomic mass is 35.5. The summed E-state index contributed by atoms with van der Waals surface area (Å²) in [4.78, 5) is 27.3. The molecule has 200 valence electrons. The molecule has 2 aromatic carbocycles. The van der Waals surface area contributed by atoms with E-state index in [1.165, 1.54) is 38.3 Å². The molecule has 1 aliphatic carbocycles. The maximum atomic E-state index is 14.3. The molecular formula is C29H37ClFN3O3. The van der Waals surface area contributed by atoms with Gasteiger partial charge in [-0.05, 0) is 73.2 Å². The maximum Gasteiger partial charge on any atom is 0.323 e. The number of halogens is 2. The van der Waals surface area contributed by atoms with E-state index in [1.54, 1.807) is 13.2 Å². The number of benzene rings is 2. The Labute approximate surface area is 224 Å². The van der Waals surface area contributed by atoms with Gasteiger partial charge in [-0.2, -0.15) is 0 Å². The number of ether oxygens (including phenoxy) is 1. The van der Waals surface area contributed by atoms with Crippen LogP contribution in [0.15, 0.2) is 42.5 Å². The fourth-order valence-corrected chi connectivity index (χ4v) is 4.95. The average molecular weight is 530 g/mol. The van der Waals surface area contributed by atoms with Gasteiger partial charge >= 0.3 is 6.03 Å². The van der Waals surface area contributed by atoms with Crippen LogP contribution in [0, 0.1) is 11.7 Å². The van der Waals surface area contributed by atoms with Gasteiger partial charge in [0.1, 0.15) is 5.82 Å². The predicted octanol–water partition coefficient (Wildman–Crippen LogP) is 7.54. The van der Waals surface area contributed by atoms with Crippen molar-refractivity contribution < 1.29 is 18.7 Å². The van der Waals surface area contributed by atoms with Gasteiger partial charge in [-0.3, -0.25) is 4.79 Å². The number of amides is 2. The Bertz CT molecular complexity index is 1130. The largest absolute Gasteiger partial charge is 0.380 e. The third-order valence-electron chi connectivity index (χ3n) is 6.36. The van der Waals surface area contributed by atoms with Gasteiger partial charge in [0.15, 0.2) is 5.78 Å². The zero-order valence-corrected chi connectivity index (χ0v) is 22.8. The number of carbonyl (C=O) groups excluding carboxylic acids is 2. The van der Waals surface area contributed by atoms with Gasteiger partial charge < -0.3 is 20.3 Å². The van der Waals surface area contributed by atoms with Crippen LogP contribution in [0.2, 0.25) is 5.02 Å². The molecule has 0 unspecified atom stereocenters. The molecule has 0 radical (unpaired) electrons. The van der Waals surface area contributed by atoms with Crippen molar-refractivity contribution in [3.05, 3.63) is 58.9 Å². The van der Waals surface area contributed by atoms with Crippen LogP contribution in [0.1, 0.15) is 58.4 Å². The van der Waals surface area contributed by atoms with Crippen molar-refractivity contribution in [2.75, 3.05) is 35.8 Å². The van der Waals surface area contributed by atoms with Crippen molar-refractivity contribution >= 4 is 46.1 Å². The normalized spacial score (nSPS) is 14.5. The number of allylic oxidation sites excluding steroid dienone is 1. The summed E-state index contributed by atoms with van der Waals surface area (Å²) < 4.78 is 19.7. The first-order valence-corrected chi connectivity index (χ1v) is 13.2. The monoisotopic (exact) mass is 529 g/mol. The topological polar surface area (TPSA) is 70.7 Å². The number of ketones is 1. The average Bonchev–Trinajstić information content (AvgIpc) is 2.84. The highest BCUT2D eigenvalue weighted by Crippen LogP contribution is 2.35. The van der Waals surface area contributed by atoms with Crippen molar-refractivity contribution in [1.82, 2.24) is 0 Å². The molecule has 37 heavy (non-hydrogen) atoms. The fourth-order valence-electron chi connectivity index (χ4n) is 4.79. The van der Waals surface area contributed by atoms with Crippen LogP contribution < -0.4 is 15.5 Å². The summed E-state index contributed by atoms with van der Waals surface area (Å²) in [5.41, 5.74) is 2.99. The number of rotatable bonds is 10. The lowest BCUT2D eigenvalue weighted by atomic mass is 9.92. The molecule has 0 aliphatic heterocycles. The first-order valence-electron chi connectivity index (χ1n) is 12.8. The molecule has 0 aromatic heterocycles. The molecule has 0 bridgehead atoms. The van der Waals surface area contributed by atoms with E-state index in [-0.39, 0.29) is 23.1 Å². The second kappa shape index (κ2) is 13.6. The summed E-state index contributed by atoms with van der Waals surface area (Å²) in [6.45, 7) is 6.93. The second-order valence-electron chi connectivity index (χ2n) is 9.99. The lowest BCUT2D eigenvalue weighted by molar-refractivity contribution is -0.112. The Morgan fingerprint density at radius 1 is 1.11 bits per heavy atom. The maximum absolute atomic E-state index is 14.3. The van der Waals surface area contributed by atoms with Gasteiger partial charge in [-0.25, -0.2) is 9.18 Å². The van der Waals surface area contributed by atoms with E-state index in [0.717, 1.165) is 36.7 Å². The summed E-state index contributed by atoms with van der Waals surface area (Å²) >= 11 is 5.85. The van der Waals surface area contributed by atoms with Crippen molar-refractivity contribution in [3.8, 4) is 0 Å². The van der Waals surface area contributed by atoms with Crippen molar-refractivity contribution in [1.29, 1.82) is 0 Å². The zero-order valence-electron chi connectivity index (χ0n) is 22.1. The molecule has 6 nitrogen and oxygen atoms in total. The molecule has 2 amide bonds. The number of methoxy groups -OCH3 is 1. The molecular weight excluding hydrogens is 493 g/mol. The molecule has 1 fully saturated rings. The van der Waals surface area contributed by atoms with Crippen LogP contribution in [0.5, 0.6) is 0 Å². The van der Waals surface area contributed by atoms with Crippen molar-refractivity contribution in [2.24, 2.45) is 5.92 Å². The molecule has 1 aliphatic rings. The van der Waals surface area contributed by atoms with Crippen LogP contribution in [0.3, 0.4) is 0 Å². The van der Waals surface area contributed by atoms with Gasteiger partial charge in [0.05, 0.1) is 23.7 Å². The minimum atomic E-state index is -0.618. The van der Waals surface area contributed by atoms with E-state index in [0.29, 0.717) is 23.2 Å². The molecule has 0 spiro atoms. The minimum Gasteiger partial charge on any atom is -0.380 e. The molecule has 2 aromatic rings. The van der Waals surface area contributed by atoms with Gasteiger partial charge in [-0.1, -0.05) is 50.8 Å². The standard InChI is InChI=1S/C29H37ClFN3O3/c1-19(2)17-34(24-8-6-5-7-9-24)28-13-10-21(22(18-37-4)14-20(3)35)15-27(28)33-29(36)32-26-12-11-23(30)16-25(26)31/h10-16,19,24H,5-9,17-18H2,1-4H3,(H2,32,33,36)/b22-14-. The van der Waals surface area contributed by atoms with Gasteiger partial charge in [0, 0.05) is 24.7 Å². The SMILES string of the molecule is COC/C(=C/C(C)=O)c1ccc(N(CC(C)C)C2CCCCC2)c(NC(=O)Nc2ccc(Cl)cc2F)c1. The van der Waals surface area contributed by atoms with Crippen molar-refractivity contribution in [3.63, 3.8) is 0 Å². The van der Waals surface area contributed by atoms with E-state index < -0.39 is 11.8 Å². The van der Waals surface area contributed by atoms with Crippen LogP contribution in [0.25, 0.3) is 5.57 Å². The minimum absolute atomic E-state index is 0.0301. The highest BCUT2D eigenvalue weighted by Gasteiger charge is 2.25. The number of hydrogen-bond acceptors (Lipinski definition) is 4. The number of hydrogen-bond donors (Lipinski definition) is 2. The first kappa shape index (κ1) is 28.7. The Morgan fingerprint density at radius 3 is 2.43 bits per heavy atom. The highest BCUT2D eigenvalue weighted by molar-refractivity contribution is 6.30. The molecule has 8 heteroatoms. The summed E-state index contributed by atoms with van der Waals surface area (Å²) in [6.07, 6.45) is 7.32. The summed E-state index contributed by atoms with van der Waals surface area (Å²) in [6, 6.07) is 9.70. The van der Waals surface area contributed by atoms with E-state index in [1.807, 2.05) is 18.2 Å². The molecule has 1 saturated carbocycles. The van der Waals surface area contributed by atoms with Crippen LogP contribution in [-0.4, -0.2) is 38.1 Å². The zero-order chi connectivity index (χ0) is 26.9. The van der Waals surface area contributed by atoms with Crippen LogP contribution in [-0.2, 0) is 9.53 Å². The van der Waals surface area contributed by atoms with E-state index in [2.05, 4.69) is 29.4 Å². The number of urea groups is 1. The Hall–Kier alpha value is -2.90. The summed E-state index contributed by atoms with van der Waals surface area (Å²) in [7, 11) is 1.57. The fraction of sp³-hybridized carbons (Fsp3) is 0.448. The molecule has 2 N–H and O–H groups in total. The smallest absolute Gasteiger partial charge is 0.323 e. The van der Waals surface area contributed by atoms with E-state index in [9.17, 15) is 14.0 Å². The Kier molecular flexibility index (Phi) is 10.5. The van der Waals surface area contributed by atoms with Gasteiger partial charge in [0.2, 0.25) is 0 Å². The quantitative estimate of drug-likeness (QED) is 0.312. The lowest BCUT2D eigenvalue weighted by Crippen LogP contribution is -2.40. The van der Waals surface area contributed by atoms with E-state index in [4.69, 9.17) is 16.3 Å². The summed E-state index contributed by atoms with van der Waals surface area (Å²) in [5.74, 6) is -0.301.